The molecule has 0 atom stereocenters. The van der Waals surface area contributed by atoms with Gasteiger partial charge in [0.05, 0.1) is 18.8 Å². The molecule has 7 nitrogen and oxygen atoms in total. The van der Waals surface area contributed by atoms with Crippen LogP contribution in [0.4, 0.5) is 0 Å². The maximum atomic E-state index is 12.5. The van der Waals surface area contributed by atoms with Crippen LogP contribution < -0.4 is 5.32 Å². The number of rotatable bonds is 5. The summed E-state index contributed by atoms with van der Waals surface area (Å²) in [5, 5.41) is 6.63. The Hall–Kier alpha value is -1.67. The first-order valence-electron chi connectivity index (χ1n) is 11.3. The highest BCUT2D eigenvalue weighted by molar-refractivity contribution is 7.09. The number of likely N-dealkylation sites (tertiary alicyclic amines) is 1. The molecule has 1 N–H and O–H groups in total. The summed E-state index contributed by atoms with van der Waals surface area (Å²) in [7, 11) is 0. The maximum absolute atomic E-state index is 12.5. The van der Waals surface area contributed by atoms with Crippen molar-refractivity contribution in [3.05, 3.63) is 16.1 Å². The standard InChI is InChI=1S/C22H38N6OS/c1-5-23-21(24-15-19-25-18(17-30-19)22(2,3)4)28-13-11-26(12-14-28)16-20(29)27-9-7-6-8-10-27/h17H,5-16H2,1-4H3,(H,23,24). The number of piperidine rings is 1. The van der Waals surface area contributed by atoms with E-state index in [-0.39, 0.29) is 5.41 Å². The first-order valence-corrected chi connectivity index (χ1v) is 12.2. The molecule has 0 aromatic carbocycles. The second kappa shape index (κ2) is 10.6. The molecule has 0 unspecified atom stereocenters. The zero-order valence-electron chi connectivity index (χ0n) is 19.1. The van der Waals surface area contributed by atoms with Gasteiger partial charge in [0.2, 0.25) is 5.91 Å². The Morgan fingerprint density at radius 2 is 1.80 bits per heavy atom. The Labute approximate surface area is 185 Å². The molecule has 0 saturated carbocycles. The number of piperazine rings is 1. The second-order valence-corrected chi connectivity index (χ2v) is 10.2. The largest absolute Gasteiger partial charge is 0.357 e. The van der Waals surface area contributed by atoms with E-state index in [1.807, 2.05) is 4.90 Å². The lowest BCUT2D eigenvalue weighted by molar-refractivity contribution is -0.133. The fraction of sp³-hybridized carbons (Fsp3) is 0.773. The zero-order valence-corrected chi connectivity index (χ0v) is 19.9. The molecule has 30 heavy (non-hydrogen) atoms. The van der Waals surface area contributed by atoms with Gasteiger partial charge in [-0.2, -0.15) is 0 Å². The summed E-state index contributed by atoms with van der Waals surface area (Å²) >= 11 is 1.69. The zero-order chi connectivity index (χ0) is 21.6. The molecule has 0 spiro atoms. The number of aromatic nitrogens is 1. The number of carbonyl (C=O) groups is 1. The van der Waals surface area contributed by atoms with Gasteiger partial charge in [-0.05, 0) is 26.2 Å². The maximum Gasteiger partial charge on any atom is 0.236 e. The highest BCUT2D eigenvalue weighted by atomic mass is 32.1. The lowest BCUT2D eigenvalue weighted by atomic mass is 9.93. The van der Waals surface area contributed by atoms with E-state index in [2.05, 4.69) is 48.2 Å². The van der Waals surface area contributed by atoms with Crippen molar-refractivity contribution in [1.29, 1.82) is 0 Å². The van der Waals surface area contributed by atoms with Gasteiger partial charge in [0.15, 0.2) is 5.96 Å². The quantitative estimate of drug-likeness (QED) is 0.570. The number of carbonyl (C=O) groups excluding carboxylic acids is 1. The average molecular weight is 435 g/mol. The number of nitrogens with zero attached hydrogens (tertiary/aromatic N) is 5. The Morgan fingerprint density at radius 3 is 2.40 bits per heavy atom. The van der Waals surface area contributed by atoms with Gasteiger partial charge in [-0.1, -0.05) is 20.8 Å². The van der Waals surface area contributed by atoms with E-state index in [1.165, 1.54) is 6.42 Å². The highest BCUT2D eigenvalue weighted by Crippen LogP contribution is 2.24. The van der Waals surface area contributed by atoms with E-state index in [9.17, 15) is 4.79 Å². The van der Waals surface area contributed by atoms with E-state index < -0.39 is 0 Å². The SMILES string of the molecule is CCNC(=NCc1nc(C(C)(C)C)cs1)N1CCN(CC(=O)N2CCCCC2)CC1. The molecular formula is C22H38N6OS. The van der Waals surface area contributed by atoms with E-state index in [1.54, 1.807) is 11.3 Å². The smallest absolute Gasteiger partial charge is 0.236 e. The second-order valence-electron chi connectivity index (χ2n) is 9.25. The number of thiazole rings is 1. The first-order chi connectivity index (χ1) is 14.4. The number of hydrogen-bond donors (Lipinski definition) is 1. The van der Waals surface area contributed by atoms with Gasteiger partial charge < -0.3 is 15.1 Å². The van der Waals surface area contributed by atoms with Gasteiger partial charge in [0, 0.05) is 56.6 Å². The summed E-state index contributed by atoms with van der Waals surface area (Å²) in [6, 6.07) is 0. The van der Waals surface area contributed by atoms with Crippen LogP contribution in [0.15, 0.2) is 10.4 Å². The van der Waals surface area contributed by atoms with Crippen molar-refractivity contribution >= 4 is 23.2 Å². The van der Waals surface area contributed by atoms with E-state index in [0.717, 1.165) is 75.3 Å². The molecule has 0 bridgehead atoms. The minimum atomic E-state index is 0.0743. The van der Waals surface area contributed by atoms with Crippen LogP contribution in [0.1, 0.15) is 57.7 Å². The van der Waals surface area contributed by atoms with Crippen LogP contribution in [0.5, 0.6) is 0 Å². The summed E-state index contributed by atoms with van der Waals surface area (Å²) in [4.78, 5) is 28.8. The molecule has 3 rings (SSSR count). The Balaban J connectivity index is 1.51. The van der Waals surface area contributed by atoms with Gasteiger partial charge in [0.25, 0.3) is 0 Å². The minimum Gasteiger partial charge on any atom is -0.357 e. The Bertz CT molecular complexity index is 711. The predicted molar refractivity (Wildman–Crippen MR) is 124 cm³/mol. The van der Waals surface area contributed by atoms with E-state index in [4.69, 9.17) is 9.98 Å². The Morgan fingerprint density at radius 1 is 1.10 bits per heavy atom. The molecule has 1 aromatic rings. The summed E-state index contributed by atoms with van der Waals surface area (Å²) in [5.41, 5.74) is 1.21. The molecule has 2 aliphatic heterocycles. The predicted octanol–water partition coefficient (Wildman–Crippen LogP) is 2.54. The third-order valence-electron chi connectivity index (χ3n) is 5.76. The molecule has 8 heteroatoms. The van der Waals surface area contributed by atoms with Crippen molar-refractivity contribution < 1.29 is 4.79 Å². The van der Waals surface area contributed by atoms with Crippen LogP contribution in [-0.4, -0.2) is 83.9 Å². The highest BCUT2D eigenvalue weighted by Gasteiger charge is 2.24. The fourth-order valence-corrected chi connectivity index (χ4v) is 4.79. The molecule has 2 saturated heterocycles. The summed E-state index contributed by atoms with van der Waals surface area (Å²) in [6.07, 6.45) is 3.56. The molecule has 1 aromatic heterocycles. The van der Waals surface area contributed by atoms with Crippen LogP contribution in [0, 0.1) is 0 Å². The molecule has 0 radical (unpaired) electrons. The number of guanidine groups is 1. The van der Waals surface area contributed by atoms with Crippen molar-refractivity contribution in [2.45, 2.75) is 58.9 Å². The van der Waals surface area contributed by atoms with Crippen molar-refractivity contribution in [3.63, 3.8) is 0 Å². The van der Waals surface area contributed by atoms with Gasteiger partial charge in [0.1, 0.15) is 5.01 Å². The van der Waals surface area contributed by atoms with Crippen molar-refractivity contribution in [2.24, 2.45) is 4.99 Å². The lowest BCUT2D eigenvalue weighted by Gasteiger charge is -2.37. The normalized spacial score (nSPS) is 19.3. The van der Waals surface area contributed by atoms with Crippen molar-refractivity contribution in [2.75, 3.05) is 52.4 Å². The van der Waals surface area contributed by atoms with Crippen molar-refractivity contribution in [1.82, 2.24) is 25.0 Å². The molecule has 2 aliphatic rings. The summed E-state index contributed by atoms with van der Waals surface area (Å²) < 4.78 is 0. The van der Waals surface area contributed by atoms with E-state index >= 15 is 0 Å². The Kier molecular flexibility index (Phi) is 8.11. The average Bonchev–Trinajstić information content (AvgIpc) is 3.22. The van der Waals surface area contributed by atoms with Crippen LogP contribution >= 0.6 is 11.3 Å². The molecule has 3 heterocycles. The van der Waals surface area contributed by atoms with Crippen molar-refractivity contribution in [3.8, 4) is 0 Å². The lowest BCUT2D eigenvalue weighted by Crippen LogP contribution is -2.54. The molecule has 2 fully saturated rings. The summed E-state index contributed by atoms with van der Waals surface area (Å²) in [6.45, 7) is 16.1. The number of hydrogen-bond acceptors (Lipinski definition) is 5. The molecular weight excluding hydrogens is 396 g/mol. The minimum absolute atomic E-state index is 0.0743. The number of aliphatic imine (C=N–C) groups is 1. The van der Waals surface area contributed by atoms with Crippen LogP contribution in [0.2, 0.25) is 0 Å². The van der Waals surface area contributed by atoms with Gasteiger partial charge >= 0.3 is 0 Å². The van der Waals surface area contributed by atoms with Gasteiger partial charge in [-0.3, -0.25) is 9.69 Å². The first kappa shape index (κ1) is 23.0. The molecule has 168 valence electrons. The van der Waals surface area contributed by atoms with Crippen LogP contribution in [-0.2, 0) is 16.8 Å². The van der Waals surface area contributed by atoms with Crippen LogP contribution in [0.3, 0.4) is 0 Å². The molecule has 1 amide bonds. The van der Waals surface area contributed by atoms with Gasteiger partial charge in [-0.25, -0.2) is 9.98 Å². The number of nitrogens with one attached hydrogen (secondary N) is 1. The van der Waals surface area contributed by atoms with Crippen LogP contribution in [0.25, 0.3) is 0 Å². The van der Waals surface area contributed by atoms with Gasteiger partial charge in [-0.15, -0.1) is 11.3 Å². The fourth-order valence-electron chi connectivity index (χ4n) is 3.85. The third kappa shape index (κ3) is 6.41. The monoisotopic (exact) mass is 434 g/mol. The molecule has 0 aliphatic carbocycles. The summed E-state index contributed by atoms with van der Waals surface area (Å²) in [5.74, 6) is 1.24. The third-order valence-corrected chi connectivity index (χ3v) is 6.59. The van der Waals surface area contributed by atoms with E-state index in [0.29, 0.717) is 19.0 Å². The number of amides is 1. The topological polar surface area (TPSA) is 64.1 Å².